The van der Waals surface area contributed by atoms with Gasteiger partial charge in [0.1, 0.15) is 24.1 Å². The van der Waals surface area contributed by atoms with E-state index in [1.807, 2.05) is 0 Å². The zero-order chi connectivity index (χ0) is 12.9. The molecule has 0 bridgehead atoms. The number of rotatable bonds is 2. The highest BCUT2D eigenvalue weighted by molar-refractivity contribution is 5.81. The molecule has 0 fully saturated rings. The smallest absolute Gasteiger partial charge is 0.130 e. The summed E-state index contributed by atoms with van der Waals surface area (Å²) >= 11 is 0. The lowest BCUT2D eigenvalue weighted by molar-refractivity contribution is 0.823. The highest BCUT2D eigenvalue weighted by Gasteiger charge is 2.25. The first-order valence-electron chi connectivity index (χ1n) is 6.36. The molecule has 2 aliphatic rings. The zero-order valence-corrected chi connectivity index (χ0v) is 11.2. The van der Waals surface area contributed by atoms with E-state index in [1.54, 1.807) is 0 Å². The average molecular weight is 240 g/mol. The molecule has 0 aliphatic carbocycles. The molecule has 3 rings (SSSR count). The van der Waals surface area contributed by atoms with Crippen LogP contribution in [0.2, 0.25) is 0 Å². The van der Waals surface area contributed by atoms with Crippen molar-refractivity contribution in [1.82, 2.24) is 0 Å². The lowest BCUT2D eigenvalue weighted by Crippen LogP contribution is -2.31. The van der Waals surface area contributed by atoms with E-state index < -0.39 is 0 Å². The van der Waals surface area contributed by atoms with Crippen LogP contribution in [-0.2, 0) is 0 Å². The minimum absolute atomic E-state index is 0.365. The molecular formula is C14H16N4. The molecule has 1 aromatic rings. The molecule has 2 heterocycles. The van der Waals surface area contributed by atoms with Gasteiger partial charge in [-0.1, -0.05) is 27.7 Å². The molecule has 0 unspecified atom stereocenters. The van der Waals surface area contributed by atoms with Crippen molar-refractivity contribution in [2.45, 2.75) is 39.5 Å². The molecule has 4 nitrogen and oxygen atoms in total. The minimum Gasteiger partial charge on any atom is -0.259 e. The van der Waals surface area contributed by atoms with Crippen LogP contribution in [0.4, 0.5) is 11.4 Å². The summed E-state index contributed by atoms with van der Waals surface area (Å²) in [7, 11) is 0. The van der Waals surface area contributed by atoms with Crippen LogP contribution in [0.15, 0.2) is 20.0 Å². The number of benzene rings is 1. The summed E-state index contributed by atoms with van der Waals surface area (Å²) in [6.07, 6.45) is 0. The second kappa shape index (κ2) is 3.85. The Hall–Kier alpha value is -1.80. The molecule has 0 spiro atoms. The van der Waals surface area contributed by atoms with Crippen molar-refractivity contribution in [3.8, 4) is 0 Å². The van der Waals surface area contributed by atoms with Crippen LogP contribution in [0.3, 0.4) is 0 Å². The zero-order valence-electron chi connectivity index (χ0n) is 11.2. The first kappa shape index (κ1) is 11.3. The van der Waals surface area contributed by atoms with Gasteiger partial charge in [0, 0.05) is 11.1 Å². The summed E-state index contributed by atoms with van der Waals surface area (Å²) in [4.78, 5) is 17.7. The van der Waals surface area contributed by atoms with Gasteiger partial charge < -0.3 is 0 Å². The fraction of sp³-hybridized carbons (Fsp3) is 0.500. The second-order valence-electron chi connectivity index (χ2n) is 5.31. The van der Waals surface area contributed by atoms with E-state index in [0.29, 0.717) is 18.5 Å². The fourth-order valence-electron chi connectivity index (χ4n) is 2.68. The molecule has 1 aromatic carbocycles. The maximum absolute atomic E-state index is 4.54. The van der Waals surface area contributed by atoms with Crippen LogP contribution < -0.4 is 10.7 Å². The van der Waals surface area contributed by atoms with Crippen LogP contribution in [0.5, 0.6) is 0 Å². The number of nitrogens with zero attached hydrogens (tertiary/aromatic N) is 4. The molecule has 0 atom stereocenters. The largest absolute Gasteiger partial charge is 0.259 e. The Kier molecular flexibility index (Phi) is 2.42. The van der Waals surface area contributed by atoms with Crippen LogP contribution in [0, 0.1) is 0 Å². The molecule has 0 saturated carbocycles. The van der Waals surface area contributed by atoms with E-state index >= 15 is 0 Å². The van der Waals surface area contributed by atoms with Crippen molar-refractivity contribution in [1.29, 1.82) is 0 Å². The van der Waals surface area contributed by atoms with Gasteiger partial charge in [-0.05, 0) is 11.8 Å². The van der Waals surface area contributed by atoms with Gasteiger partial charge in [0.2, 0.25) is 0 Å². The van der Waals surface area contributed by atoms with Gasteiger partial charge >= 0.3 is 0 Å². The third kappa shape index (κ3) is 1.39. The fourth-order valence-corrected chi connectivity index (χ4v) is 2.68. The van der Waals surface area contributed by atoms with Crippen LogP contribution in [-0.4, -0.2) is 12.7 Å². The highest BCUT2D eigenvalue weighted by atomic mass is 15.0. The number of hydrogen-bond donors (Lipinski definition) is 0. The first-order valence-corrected chi connectivity index (χ1v) is 6.36. The Bertz CT molecular complexity index is 648. The standard InChI is InChI=1S/C14H16N4/c1-7(2)9-11-13(17-5-15-11)10(8(3)4)14-12(9)16-6-18-14/h7-8H,5H2,1-4H3. The molecule has 0 saturated heterocycles. The van der Waals surface area contributed by atoms with E-state index in [-0.39, 0.29) is 0 Å². The maximum atomic E-state index is 4.54. The lowest BCUT2D eigenvalue weighted by Gasteiger charge is -2.14. The van der Waals surface area contributed by atoms with Gasteiger partial charge in [-0.15, -0.1) is 0 Å². The van der Waals surface area contributed by atoms with Crippen molar-refractivity contribution in [2.24, 2.45) is 20.0 Å². The highest BCUT2D eigenvalue weighted by Crippen LogP contribution is 2.39. The average Bonchev–Trinajstić information content (AvgIpc) is 2.91. The second-order valence-corrected chi connectivity index (χ2v) is 5.31. The Balaban J connectivity index is 2.50. The normalized spacial score (nSPS) is 15.0. The molecule has 92 valence electrons. The number of fused-ring (bicyclic) bond motifs is 2. The summed E-state index contributed by atoms with van der Waals surface area (Å²) in [5, 5.41) is 2.05. The monoisotopic (exact) mass is 240 g/mol. The van der Waals surface area contributed by atoms with Gasteiger partial charge in [0.05, 0.1) is 10.7 Å². The van der Waals surface area contributed by atoms with E-state index in [4.69, 9.17) is 0 Å². The summed E-state index contributed by atoms with van der Waals surface area (Å²) < 4.78 is 0. The predicted molar refractivity (Wildman–Crippen MR) is 71.0 cm³/mol. The van der Waals surface area contributed by atoms with Gasteiger partial charge in [-0.25, -0.2) is 0 Å². The molecule has 2 aliphatic heterocycles. The van der Waals surface area contributed by atoms with Crippen LogP contribution in [0.1, 0.15) is 50.7 Å². The van der Waals surface area contributed by atoms with Gasteiger partial charge in [0.15, 0.2) is 0 Å². The Morgan fingerprint density at radius 2 is 1.28 bits per heavy atom. The predicted octanol–water partition coefficient (Wildman–Crippen LogP) is 2.59. The number of aliphatic imine (C=N–C) groups is 2. The molecule has 0 amide bonds. The summed E-state index contributed by atoms with van der Waals surface area (Å²) in [6, 6.07) is 2.75. The Morgan fingerprint density at radius 3 is 1.67 bits per heavy atom. The van der Waals surface area contributed by atoms with E-state index in [0.717, 1.165) is 22.1 Å². The van der Waals surface area contributed by atoms with Gasteiger partial charge in [0.25, 0.3) is 0 Å². The molecule has 4 heteroatoms. The van der Waals surface area contributed by atoms with E-state index in [9.17, 15) is 0 Å². The number of hydrogen-bond acceptors (Lipinski definition) is 4. The van der Waals surface area contributed by atoms with Crippen molar-refractivity contribution in [3.05, 3.63) is 21.8 Å². The molecular weight excluding hydrogens is 224 g/mol. The Morgan fingerprint density at radius 1 is 0.833 bits per heavy atom. The van der Waals surface area contributed by atoms with E-state index in [2.05, 4.69) is 53.7 Å². The van der Waals surface area contributed by atoms with Crippen LogP contribution >= 0.6 is 0 Å². The van der Waals surface area contributed by atoms with E-state index in [1.165, 1.54) is 11.1 Å². The first-order chi connectivity index (χ1) is 8.61. The quantitative estimate of drug-likeness (QED) is 0.774. The maximum Gasteiger partial charge on any atom is 0.130 e. The third-order valence-electron chi connectivity index (χ3n) is 3.41. The molecule has 18 heavy (non-hydrogen) atoms. The minimum atomic E-state index is 0.365. The van der Waals surface area contributed by atoms with Crippen molar-refractivity contribution in [2.75, 3.05) is 6.67 Å². The SMILES string of the molecule is CC(C)c1c2c(c(C(C)C)c3c1=NCN=3)N=C=N2. The summed E-state index contributed by atoms with van der Waals surface area (Å²) in [6.45, 7) is 9.17. The Labute approximate surface area is 106 Å². The van der Waals surface area contributed by atoms with Gasteiger partial charge in [-0.3, -0.25) is 9.98 Å². The molecule has 0 radical (unpaired) electrons. The van der Waals surface area contributed by atoms with Crippen molar-refractivity contribution >= 4 is 17.4 Å². The topological polar surface area (TPSA) is 49.4 Å². The lowest BCUT2D eigenvalue weighted by atomic mass is 9.92. The summed E-state index contributed by atoms with van der Waals surface area (Å²) in [5.74, 6) is 0.731. The summed E-state index contributed by atoms with van der Waals surface area (Å²) in [5.41, 5.74) is 4.24. The van der Waals surface area contributed by atoms with Crippen LogP contribution in [0.25, 0.3) is 0 Å². The van der Waals surface area contributed by atoms with Gasteiger partial charge in [-0.2, -0.15) is 9.98 Å². The van der Waals surface area contributed by atoms with Crippen molar-refractivity contribution < 1.29 is 0 Å². The van der Waals surface area contributed by atoms with Crippen molar-refractivity contribution in [3.63, 3.8) is 0 Å². The molecule has 0 aromatic heterocycles. The third-order valence-corrected chi connectivity index (χ3v) is 3.41. The molecule has 0 N–H and O–H groups in total.